The summed E-state index contributed by atoms with van der Waals surface area (Å²) in [7, 11) is 2.02. The third kappa shape index (κ3) is 2.06. The van der Waals surface area contributed by atoms with Crippen LogP contribution < -0.4 is 0 Å². The van der Waals surface area contributed by atoms with Crippen LogP contribution in [-0.4, -0.2) is 54.4 Å². The smallest absolute Gasteiger partial charge is 0.262 e. The summed E-state index contributed by atoms with van der Waals surface area (Å²) in [6, 6.07) is 0.188. The molecule has 0 unspecified atom stereocenters. The first-order chi connectivity index (χ1) is 7.61. The number of thioether (sulfide) groups is 1. The predicted molar refractivity (Wildman–Crippen MR) is 64.9 cm³/mol. The molecular weight excluding hydrogens is 224 g/mol. The van der Waals surface area contributed by atoms with Gasteiger partial charge in [0, 0.05) is 19.3 Å². The fourth-order valence-corrected chi connectivity index (χ4v) is 3.03. The summed E-state index contributed by atoms with van der Waals surface area (Å²) in [5.74, 6) is 1.05. The summed E-state index contributed by atoms with van der Waals surface area (Å²) in [6.45, 7) is 6.07. The number of carbonyl (C=O) groups is 1. The molecule has 0 aromatic heterocycles. The lowest BCUT2D eigenvalue weighted by Gasteiger charge is -2.33. The van der Waals surface area contributed by atoms with Gasteiger partial charge in [0.05, 0.1) is 30.0 Å². The van der Waals surface area contributed by atoms with Gasteiger partial charge < -0.3 is 14.5 Å². The number of carbonyl (C=O) groups excluding carboxylic acids is 1. The van der Waals surface area contributed by atoms with Crippen LogP contribution in [0, 0.1) is 0 Å². The highest BCUT2D eigenvalue weighted by atomic mass is 32.2. The van der Waals surface area contributed by atoms with E-state index in [2.05, 4.69) is 4.90 Å². The minimum atomic E-state index is 0.169. The molecule has 0 N–H and O–H groups in total. The number of rotatable bonds is 1. The van der Waals surface area contributed by atoms with Gasteiger partial charge in [-0.05, 0) is 13.8 Å². The van der Waals surface area contributed by atoms with E-state index in [0.29, 0.717) is 19.8 Å². The maximum atomic E-state index is 12.3. The van der Waals surface area contributed by atoms with E-state index >= 15 is 0 Å². The Morgan fingerprint density at radius 1 is 1.56 bits per heavy atom. The van der Waals surface area contributed by atoms with Crippen LogP contribution in [0.4, 0.5) is 0 Å². The maximum absolute atomic E-state index is 12.3. The van der Waals surface area contributed by atoms with Crippen molar-refractivity contribution in [3.63, 3.8) is 0 Å². The summed E-state index contributed by atoms with van der Waals surface area (Å²) in [5, 5.41) is 0. The van der Waals surface area contributed by atoms with E-state index in [1.807, 2.05) is 25.8 Å². The average Bonchev–Trinajstić information content (AvgIpc) is 2.60. The Balaban J connectivity index is 2.12. The standard InChI is InChI=1S/C11H18N2O2S/c1-8-6-15-5-4-13(8)11(14)10-9(2)12(3)7-16-10/h8H,4-7H2,1-3H3/t8-/m0/s1. The van der Waals surface area contributed by atoms with Crippen molar-refractivity contribution in [1.82, 2.24) is 9.80 Å². The van der Waals surface area contributed by atoms with E-state index in [4.69, 9.17) is 4.74 Å². The molecule has 2 rings (SSSR count). The quantitative estimate of drug-likeness (QED) is 0.689. The van der Waals surface area contributed by atoms with Gasteiger partial charge in [0.25, 0.3) is 5.91 Å². The number of allylic oxidation sites excluding steroid dienone is 1. The molecule has 16 heavy (non-hydrogen) atoms. The second-order valence-electron chi connectivity index (χ2n) is 4.31. The highest BCUT2D eigenvalue weighted by Crippen LogP contribution is 2.32. The van der Waals surface area contributed by atoms with Crippen LogP contribution in [0.5, 0.6) is 0 Å². The van der Waals surface area contributed by atoms with Crippen LogP contribution in [0.2, 0.25) is 0 Å². The van der Waals surface area contributed by atoms with E-state index in [1.165, 1.54) is 0 Å². The molecule has 4 nitrogen and oxygen atoms in total. The number of morpholine rings is 1. The lowest BCUT2D eigenvalue weighted by atomic mass is 10.2. The molecule has 0 aliphatic carbocycles. The highest BCUT2D eigenvalue weighted by molar-refractivity contribution is 8.04. The van der Waals surface area contributed by atoms with Gasteiger partial charge in [0.2, 0.25) is 0 Å². The molecule has 2 aliphatic heterocycles. The topological polar surface area (TPSA) is 32.8 Å². The molecule has 1 fully saturated rings. The zero-order valence-corrected chi connectivity index (χ0v) is 10.8. The molecule has 1 saturated heterocycles. The summed E-state index contributed by atoms with van der Waals surface area (Å²) < 4.78 is 5.35. The molecule has 1 amide bonds. The fraction of sp³-hybridized carbons (Fsp3) is 0.727. The van der Waals surface area contributed by atoms with Crippen LogP contribution in [0.1, 0.15) is 13.8 Å². The summed E-state index contributed by atoms with van der Waals surface area (Å²) in [4.78, 5) is 17.3. The van der Waals surface area contributed by atoms with Crippen LogP contribution in [-0.2, 0) is 9.53 Å². The Hall–Kier alpha value is -0.680. The highest BCUT2D eigenvalue weighted by Gasteiger charge is 2.30. The van der Waals surface area contributed by atoms with Gasteiger partial charge in [-0.3, -0.25) is 4.79 Å². The largest absolute Gasteiger partial charge is 0.377 e. The zero-order valence-electron chi connectivity index (χ0n) is 10.0. The second kappa shape index (κ2) is 4.67. The van der Waals surface area contributed by atoms with Gasteiger partial charge in [0.15, 0.2) is 0 Å². The molecular formula is C11H18N2O2S. The Morgan fingerprint density at radius 2 is 2.31 bits per heavy atom. The van der Waals surface area contributed by atoms with Crippen molar-refractivity contribution in [2.24, 2.45) is 0 Å². The van der Waals surface area contributed by atoms with Gasteiger partial charge in [-0.1, -0.05) is 11.8 Å². The molecule has 5 heteroatoms. The molecule has 0 spiro atoms. The van der Waals surface area contributed by atoms with E-state index in [9.17, 15) is 4.79 Å². The number of hydrogen-bond donors (Lipinski definition) is 0. The van der Waals surface area contributed by atoms with Gasteiger partial charge >= 0.3 is 0 Å². The van der Waals surface area contributed by atoms with E-state index in [0.717, 1.165) is 16.5 Å². The van der Waals surface area contributed by atoms with E-state index in [1.54, 1.807) is 11.8 Å². The van der Waals surface area contributed by atoms with Crippen LogP contribution in [0.25, 0.3) is 0 Å². The molecule has 0 bridgehead atoms. The normalized spacial score (nSPS) is 26.6. The first-order valence-corrected chi connectivity index (χ1v) is 6.53. The summed E-state index contributed by atoms with van der Waals surface area (Å²) in [5.41, 5.74) is 1.09. The van der Waals surface area contributed by atoms with E-state index in [-0.39, 0.29) is 11.9 Å². The van der Waals surface area contributed by atoms with Crippen molar-refractivity contribution in [3.05, 3.63) is 10.6 Å². The Bertz CT molecular complexity index is 330. The van der Waals surface area contributed by atoms with Crippen molar-refractivity contribution in [3.8, 4) is 0 Å². The third-order valence-corrected chi connectivity index (χ3v) is 4.40. The fourth-order valence-electron chi connectivity index (χ4n) is 1.91. The second-order valence-corrected chi connectivity index (χ2v) is 5.26. The van der Waals surface area contributed by atoms with Gasteiger partial charge in [0.1, 0.15) is 0 Å². The lowest BCUT2D eigenvalue weighted by molar-refractivity contribution is -0.134. The van der Waals surface area contributed by atoms with Gasteiger partial charge in [-0.25, -0.2) is 0 Å². The van der Waals surface area contributed by atoms with Crippen molar-refractivity contribution < 1.29 is 9.53 Å². The Kier molecular flexibility index (Phi) is 3.44. The molecule has 0 aromatic rings. The molecule has 2 heterocycles. The van der Waals surface area contributed by atoms with Crippen molar-refractivity contribution in [2.75, 3.05) is 32.7 Å². The van der Waals surface area contributed by atoms with Crippen LogP contribution in [0.15, 0.2) is 10.6 Å². The molecule has 0 aromatic carbocycles. The first kappa shape index (κ1) is 11.8. The van der Waals surface area contributed by atoms with Crippen molar-refractivity contribution in [1.29, 1.82) is 0 Å². The van der Waals surface area contributed by atoms with Gasteiger partial charge in [-0.15, -0.1) is 0 Å². The summed E-state index contributed by atoms with van der Waals surface area (Å²) >= 11 is 1.64. The average molecular weight is 242 g/mol. The predicted octanol–water partition coefficient (Wildman–Crippen LogP) is 1.10. The zero-order chi connectivity index (χ0) is 11.7. The Labute approximate surface area is 101 Å². The molecule has 0 saturated carbocycles. The molecule has 90 valence electrons. The number of hydrogen-bond acceptors (Lipinski definition) is 4. The Morgan fingerprint density at radius 3 is 2.88 bits per heavy atom. The monoisotopic (exact) mass is 242 g/mol. The van der Waals surface area contributed by atoms with Crippen molar-refractivity contribution >= 4 is 17.7 Å². The molecule has 1 atom stereocenters. The summed E-state index contributed by atoms with van der Waals surface area (Å²) in [6.07, 6.45) is 0. The van der Waals surface area contributed by atoms with E-state index < -0.39 is 0 Å². The third-order valence-electron chi connectivity index (χ3n) is 3.13. The maximum Gasteiger partial charge on any atom is 0.262 e. The number of nitrogens with zero attached hydrogens (tertiary/aromatic N) is 2. The van der Waals surface area contributed by atoms with Crippen molar-refractivity contribution in [2.45, 2.75) is 19.9 Å². The minimum absolute atomic E-state index is 0.169. The van der Waals surface area contributed by atoms with Crippen LogP contribution >= 0.6 is 11.8 Å². The number of ether oxygens (including phenoxy) is 1. The minimum Gasteiger partial charge on any atom is -0.377 e. The number of amides is 1. The molecule has 0 radical (unpaired) electrons. The molecule has 2 aliphatic rings. The van der Waals surface area contributed by atoms with Crippen LogP contribution in [0.3, 0.4) is 0 Å². The first-order valence-electron chi connectivity index (χ1n) is 5.54. The lowest BCUT2D eigenvalue weighted by Crippen LogP contribution is -2.47. The SMILES string of the molecule is CC1=C(C(=O)N2CCOC[C@@H]2C)SCN1C. The van der Waals surface area contributed by atoms with Gasteiger partial charge in [-0.2, -0.15) is 0 Å².